The zero-order chi connectivity index (χ0) is 13.1. The number of halogens is 1. The lowest BCUT2D eigenvalue weighted by Crippen LogP contribution is -1.99. The Kier molecular flexibility index (Phi) is 3.84. The standard InChI is InChI=1S/C12H11ClN2O2S/c1-8-2-3-9(13)6-11(8)14-7-10-4-5-12(18-10)15(16)17/h2-6,14H,7H2,1H3. The third-order valence-corrected chi connectivity index (χ3v) is 3.75. The molecule has 1 N–H and O–H groups in total. The van der Waals surface area contributed by atoms with Crippen LogP contribution in [0.25, 0.3) is 0 Å². The molecule has 0 saturated heterocycles. The maximum atomic E-state index is 10.6. The van der Waals surface area contributed by atoms with E-state index in [2.05, 4.69) is 5.32 Å². The Morgan fingerprint density at radius 3 is 2.83 bits per heavy atom. The van der Waals surface area contributed by atoms with Crippen molar-refractivity contribution in [3.05, 3.63) is 55.9 Å². The van der Waals surface area contributed by atoms with Crippen molar-refractivity contribution < 1.29 is 4.92 Å². The van der Waals surface area contributed by atoms with E-state index in [0.717, 1.165) is 16.1 Å². The molecule has 1 heterocycles. The highest BCUT2D eigenvalue weighted by Crippen LogP contribution is 2.26. The summed E-state index contributed by atoms with van der Waals surface area (Å²) in [4.78, 5) is 11.1. The van der Waals surface area contributed by atoms with E-state index in [1.165, 1.54) is 17.4 Å². The molecule has 0 atom stereocenters. The fourth-order valence-corrected chi connectivity index (χ4v) is 2.46. The van der Waals surface area contributed by atoms with Crippen LogP contribution in [-0.4, -0.2) is 4.92 Å². The van der Waals surface area contributed by atoms with Crippen LogP contribution in [0.1, 0.15) is 10.4 Å². The molecule has 2 rings (SSSR count). The van der Waals surface area contributed by atoms with Crippen LogP contribution in [-0.2, 0) is 6.54 Å². The first-order valence-electron chi connectivity index (χ1n) is 5.29. The van der Waals surface area contributed by atoms with Gasteiger partial charge in [-0.05, 0) is 30.7 Å². The van der Waals surface area contributed by atoms with Crippen molar-refractivity contribution in [2.75, 3.05) is 5.32 Å². The van der Waals surface area contributed by atoms with Crippen molar-refractivity contribution >= 4 is 33.6 Å². The average Bonchev–Trinajstić information content (AvgIpc) is 2.79. The monoisotopic (exact) mass is 282 g/mol. The first-order chi connectivity index (χ1) is 8.56. The average molecular weight is 283 g/mol. The normalized spacial score (nSPS) is 10.3. The smallest absolute Gasteiger partial charge is 0.324 e. The molecule has 0 saturated carbocycles. The third-order valence-electron chi connectivity index (χ3n) is 2.48. The molecular weight excluding hydrogens is 272 g/mol. The van der Waals surface area contributed by atoms with Gasteiger partial charge in [0.2, 0.25) is 0 Å². The summed E-state index contributed by atoms with van der Waals surface area (Å²) in [6.45, 7) is 2.54. The van der Waals surface area contributed by atoms with Crippen LogP contribution in [0.3, 0.4) is 0 Å². The van der Waals surface area contributed by atoms with Crippen LogP contribution in [0.15, 0.2) is 30.3 Å². The van der Waals surface area contributed by atoms with Gasteiger partial charge >= 0.3 is 5.00 Å². The molecule has 94 valence electrons. The molecule has 2 aromatic rings. The molecule has 0 amide bonds. The summed E-state index contributed by atoms with van der Waals surface area (Å²) in [5.41, 5.74) is 2.03. The van der Waals surface area contributed by atoms with Crippen LogP contribution in [0.4, 0.5) is 10.7 Å². The van der Waals surface area contributed by atoms with E-state index in [1.54, 1.807) is 6.07 Å². The first-order valence-corrected chi connectivity index (χ1v) is 6.49. The van der Waals surface area contributed by atoms with Crippen molar-refractivity contribution in [2.45, 2.75) is 13.5 Å². The molecule has 4 nitrogen and oxygen atoms in total. The Balaban J connectivity index is 2.06. The van der Waals surface area contributed by atoms with E-state index >= 15 is 0 Å². The lowest BCUT2D eigenvalue weighted by atomic mass is 10.2. The molecular formula is C12H11ClN2O2S. The highest BCUT2D eigenvalue weighted by atomic mass is 35.5. The van der Waals surface area contributed by atoms with Gasteiger partial charge < -0.3 is 5.32 Å². The molecule has 0 fully saturated rings. The second-order valence-corrected chi connectivity index (χ2v) is 5.39. The molecule has 0 aliphatic rings. The maximum absolute atomic E-state index is 10.6. The van der Waals surface area contributed by atoms with Crippen molar-refractivity contribution in [2.24, 2.45) is 0 Å². The molecule has 0 unspecified atom stereocenters. The minimum Gasteiger partial charge on any atom is -0.380 e. The molecule has 0 radical (unpaired) electrons. The molecule has 6 heteroatoms. The Bertz CT molecular complexity index is 583. The van der Waals surface area contributed by atoms with Gasteiger partial charge in [-0.25, -0.2) is 0 Å². The minimum absolute atomic E-state index is 0.162. The SMILES string of the molecule is Cc1ccc(Cl)cc1NCc1ccc([N+](=O)[O-])s1. The quantitative estimate of drug-likeness (QED) is 0.674. The Labute approximate surface area is 113 Å². The number of hydrogen-bond donors (Lipinski definition) is 1. The summed E-state index contributed by atoms with van der Waals surface area (Å²) in [6, 6.07) is 8.89. The number of hydrogen-bond acceptors (Lipinski definition) is 4. The Hall–Kier alpha value is -1.59. The molecule has 0 bridgehead atoms. The first kappa shape index (κ1) is 12.9. The number of aryl methyl sites for hydroxylation is 1. The van der Waals surface area contributed by atoms with E-state index in [0.29, 0.717) is 11.6 Å². The summed E-state index contributed by atoms with van der Waals surface area (Å²) < 4.78 is 0. The summed E-state index contributed by atoms with van der Waals surface area (Å²) in [5.74, 6) is 0. The second kappa shape index (κ2) is 5.37. The fraction of sp³-hybridized carbons (Fsp3) is 0.167. The van der Waals surface area contributed by atoms with Gasteiger partial charge in [0.15, 0.2) is 0 Å². The van der Waals surface area contributed by atoms with Gasteiger partial charge in [0.25, 0.3) is 0 Å². The summed E-state index contributed by atoms with van der Waals surface area (Å²) in [5, 5.41) is 14.6. The van der Waals surface area contributed by atoms with Gasteiger partial charge in [0, 0.05) is 28.2 Å². The zero-order valence-electron chi connectivity index (χ0n) is 9.64. The number of nitrogens with zero attached hydrogens (tertiary/aromatic N) is 1. The van der Waals surface area contributed by atoms with E-state index < -0.39 is 0 Å². The van der Waals surface area contributed by atoms with E-state index in [4.69, 9.17) is 11.6 Å². The highest BCUT2D eigenvalue weighted by molar-refractivity contribution is 7.15. The summed E-state index contributed by atoms with van der Waals surface area (Å²) in [7, 11) is 0. The van der Waals surface area contributed by atoms with E-state index in [-0.39, 0.29) is 9.92 Å². The lowest BCUT2D eigenvalue weighted by Gasteiger charge is -2.08. The van der Waals surface area contributed by atoms with Gasteiger partial charge in [-0.15, -0.1) is 0 Å². The zero-order valence-corrected chi connectivity index (χ0v) is 11.2. The van der Waals surface area contributed by atoms with Crippen molar-refractivity contribution in [1.82, 2.24) is 0 Å². The van der Waals surface area contributed by atoms with Crippen LogP contribution in [0.5, 0.6) is 0 Å². The van der Waals surface area contributed by atoms with Crippen LogP contribution in [0, 0.1) is 17.0 Å². The number of nitrogens with one attached hydrogen (secondary N) is 1. The molecule has 0 spiro atoms. The largest absolute Gasteiger partial charge is 0.380 e. The number of nitro groups is 1. The van der Waals surface area contributed by atoms with Crippen LogP contribution < -0.4 is 5.32 Å². The van der Waals surface area contributed by atoms with Gasteiger partial charge in [0.05, 0.1) is 4.92 Å². The van der Waals surface area contributed by atoms with E-state index in [9.17, 15) is 10.1 Å². The summed E-state index contributed by atoms with van der Waals surface area (Å²) >= 11 is 7.09. The maximum Gasteiger partial charge on any atom is 0.324 e. The molecule has 1 aromatic heterocycles. The highest BCUT2D eigenvalue weighted by Gasteiger charge is 2.09. The predicted molar refractivity (Wildman–Crippen MR) is 74.5 cm³/mol. The molecule has 18 heavy (non-hydrogen) atoms. The predicted octanol–water partition coefficient (Wildman–Crippen LogP) is 4.23. The van der Waals surface area contributed by atoms with Gasteiger partial charge in [0.1, 0.15) is 0 Å². The van der Waals surface area contributed by atoms with Crippen molar-refractivity contribution in [3.8, 4) is 0 Å². The number of benzene rings is 1. The van der Waals surface area contributed by atoms with Gasteiger partial charge in [-0.2, -0.15) is 0 Å². The molecule has 0 aliphatic carbocycles. The van der Waals surface area contributed by atoms with Gasteiger partial charge in [-0.1, -0.05) is 29.0 Å². The lowest BCUT2D eigenvalue weighted by molar-refractivity contribution is -0.380. The van der Waals surface area contributed by atoms with Crippen LogP contribution >= 0.6 is 22.9 Å². The second-order valence-electron chi connectivity index (χ2n) is 3.81. The fourth-order valence-electron chi connectivity index (χ4n) is 1.53. The van der Waals surface area contributed by atoms with E-state index in [1.807, 2.05) is 25.1 Å². The van der Waals surface area contributed by atoms with Crippen molar-refractivity contribution in [1.29, 1.82) is 0 Å². The number of thiophene rings is 1. The Morgan fingerprint density at radius 1 is 1.39 bits per heavy atom. The number of anilines is 1. The topological polar surface area (TPSA) is 55.2 Å². The van der Waals surface area contributed by atoms with Gasteiger partial charge in [-0.3, -0.25) is 10.1 Å². The Morgan fingerprint density at radius 2 is 2.17 bits per heavy atom. The number of rotatable bonds is 4. The van der Waals surface area contributed by atoms with Crippen LogP contribution in [0.2, 0.25) is 5.02 Å². The van der Waals surface area contributed by atoms with Crippen molar-refractivity contribution in [3.63, 3.8) is 0 Å². The molecule has 1 aromatic carbocycles. The summed E-state index contributed by atoms with van der Waals surface area (Å²) in [6.07, 6.45) is 0. The molecule has 0 aliphatic heterocycles. The minimum atomic E-state index is -0.376. The third kappa shape index (κ3) is 3.00.